The zero-order valence-electron chi connectivity index (χ0n) is 26.8. The summed E-state index contributed by atoms with van der Waals surface area (Å²) < 4.78 is 21.9. The van der Waals surface area contributed by atoms with E-state index < -0.39 is 12.2 Å². The number of aliphatic hydroxyl groups excluding tert-OH is 1. The minimum Gasteiger partial charge on any atom is -0.494 e. The molecule has 7 nitrogen and oxygen atoms in total. The number of aryl methyl sites for hydroxylation is 2. The zero-order valence-corrected chi connectivity index (χ0v) is 26.8. The fourth-order valence-electron chi connectivity index (χ4n) is 4.60. The number of esters is 1. The fourth-order valence-corrected chi connectivity index (χ4v) is 4.60. The molecule has 0 radical (unpaired) electrons. The van der Waals surface area contributed by atoms with Gasteiger partial charge in [0, 0.05) is 19.8 Å². The normalized spacial score (nSPS) is 15.4. The first kappa shape index (κ1) is 37.4. The number of aliphatic hydroxyl groups is 1. The van der Waals surface area contributed by atoms with Gasteiger partial charge in [-0.15, -0.1) is 0 Å². The van der Waals surface area contributed by atoms with Crippen LogP contribution in [0.1, 0.15) is 78.9 Å². The average molecular weight is 562 g/mol. The molecule has 4 atom stereocenters. The predicted octanol–water partition coefficient (Wildman–Crippen LogP) is 6.75. The standard InChI is InChI=1S/C31H49NO6.C2H6/c1-10-38-31(34)24(6)16-20(2)19-28(36-8)29(33)23(5)14-15-27(35-7)22(4)12-11-13-25-17-21(3)18-26(32)30(25)37-9;1-2/h14,16-19,22,27-29,33H,10-13,15,32H2,1-9H3;1-2H3/b20-19-,23-14+,24-16+;. The molecule has 0 heterocycles. The lowest BCUT2D eigenvalue weighted by atomic mass is 9.92. The molecule has 0 saturated carbocycles. The topological polar surface area (TPSA) is 100 Å². The summed E-state index contributed by atoms with van der Waals surface area (Å²) in [5, 5.41) is 10.9. The van der Waals surface area contributed by atoms with E-state index in [0.717, 1.165) is 47.3 Å². The lowest BCUT2D eigenvalue weighted by molar-refractivity contribution is -0.138. The predicted molar refractivity (Wildman–Crippen MR) is 166 cm³/mol. The van der Waals surface area contributed by atoms with E-state index in [9.17, 15) is 9.90 Å². The Hall–Kier alpha value is -2.61. The number of rotatable bonds is 16. The van der Waals surface area contributed by atoms with Crippen LogP contribution in [0.2, 0.25) is 0 Å². The number of hydrogen-bond acceptors (Lipinski definition) is 7. The summed E-state index contributed by atoms with van der Waals surface area (Å²) in [7, 11) is 4.95. The number of allylic oxidation sites excluding steroid dienone is 2. The molecule has 0 aliphatic heterocycles. The molecule has 0 aromatic heterocycles. The second kappa shape index (κ2) is 20.3. The van der Waals surface area contributed by atoms with Gasteiger partial charge in [0.15, 0.2) is 0 Å². The number of nitrogen functional groups attached to an aromatic ring is 1. The van der Waals surface area contributed by atoms with E-state index >= 15 is 0 Å². The third-order valence-corrected chi connectivity index (χ3v) is 6.78. The van der Waals surface area contributed by atoms with E-state index in [-0.39, 0.29) is 12.1 Å². The Labute approximate surface area is 243 Å². The van der Waals surface area contributed by atoms with E-state index in [2.05, 4.69) is 13.0 Å². The SMILES string of the molecule is CC.CCOC(=O)/C(C)=C/C(C)=C\C(OC)C(O)/C(C)=C/CC(OC)C(C)CCCc1cc(C)cc(N)c1OC. The summed E-state index contributed by atoms with van der Waals surface area (Å²) in [6, 6.07) is 4.07. The summed E-state index contributed by atoms with van der Waals surface area (Å²) in [5.74, 6) is 0.737. The van der Waals surface area contributed by atoms with Gasteiger partial charge in [-0.25, -0.2) is 4.79 Å². The minimum absolute atomic E-state index is 0.0232. The van der Waals surface area contributed by atoms with Crippen LogP contribution in [0.4, 0.5) is 5.69 Å². The maximum absolute atomic E-state index is 11.9. The van der Waals surface area contributed by atoms with Crippen LogP contribution in [0.25, 0.3) is 0 Å². The second-order valence-electron chi connectivity index (χ2n) is 9.98. The molecule has 0 aliphatic rings. The van der Waals surface area contributed by atoms with Crippen molar-refractivity contribution in [2.45, 2.75) is 99.4 Å². The van der Waals surface area contributed by atoms with E-state index in [4.69, 9.17) is 24.7 Å². The Morgan fingerprint density at radius 3 is 2.30 bits per heavy atom. The van der Waals surface area contributed by atoms with Crippen molar-refractivity contribution < 1.29 is 28.8 Å². The van der Waals surface area contributed by atoms with Crippen LogP contribution in [0.15, 0.2) is 47.1 Å². The Morgan fingerprint density at radius 2 is 1.75 bits per heavy atom. The van der Waals surface area contributed by atoms with Gasteiger partial charge in [-0.2, -0.15) is 0 Å². The van der Waals surface area contributed by atoms with Gasteiger partial charge >= 0.3 is 5.97 Å². The number of anilines is 1. The van der Waals surface area contributed by atoms with Crippen LogP contribution in [0, 0.1) is 12.8 Å². The van der Waals surface area contributed by atoms with Crippen molar-refractivity contribution in [2.24, 2.45) is 5.92 Å². The number of benzene rings is 1. The molecule has 228 valence electrons. The Morgan fingerprint density at radius 1 is 1.10 bits per heavy atom. The minimum atomic E-state index is -0.821. The van der Waals surface area contributed by atoms with Gasteiger partial charge in [-0.3, -0.25) is 0 Å². The third-order valence-electron chi connectivity index (χ3n) is 6.78. The van der Waals surface area contributed by atoms with Crippen molar-refractivity contribution in [3.8, 4) is 5.75 Å². The summed E-state index contributed by atoms with van der Waals surface area (Å²) in [5.41, 5.74) is 11.2. The molecular weight excluding hydrogens is 506 g/mol. The molecule has 40 heavy (non-hydrogen) atoms. The van der Waals surface area contributed by atoms with Crippen LogP contribution in [0.3, 0.4) is 0 Å². The first-order valence-corrected chi connectivity index (χ1v) is 14.4. The average Bonchev–Trinajstić information content (AvgIpc) is 2.92. The molecule has 3 N–H and O–H groups in total. The largest absolute Gasteiger partial charge is 0.494 e. The smallest absolute Gasteiger partial charge is 0.333 e. The fraction of sp³-hybridized carbons (Fsp3) is 0.606. The maximum Gasteiger partial charge on any atom is 0.333 e. The lowest BCUT2D eigenvalue weighted by Gasteiger charge is -2.24. The van der Waals surface area contributed by atoms with E-state index in [1.807, 2.05) is 52.8 Å². The first-order chi connectivity index (χ1) is 19.0. The van der Waals surface area contributed by atoms with Crippen LogP contribution >= 0.6 is 0 Å². The zero-order chi connectivity index (χ0) is 30.8. The van der Waals surface area contributed by atoms with Crippen molar-refractivity contribution in [2.75, 3.05) is 33.7 Å². The monoisotopic (exact) mass is 561 g/mol. The maximum atomic E-state index is 11.9. The molecule has 0 saturated heterocycles. The van der Waals surface area contributed by atoms with Gasteiger partial charge in [-0.1, -0.05) is 44.6 Å². The summed E-state index contributed by atoms with van der Waals surface area (Å²) in [6.07, 6.45) is 7.76. The quantitative estimate of drug-likeness (QED) is 0.0757. The molecule has 0 bridgehead atoms. The van der Waals surface area contributed by atoms with Gasteiger partial charge in [0.1, 0.15) is 18.0 Å². The van der Waals surface area contributed by atoms with Crippen molar-refractivity contribution in [1.29, 1.82) is 0 Å². The van der Waals surface area contributed by atoms with Crippen molar-refractivity contribution in [3.05, 3.63) is 58.2 Å². The molecule has 7 heteroatoms. The van der Waals surface area contributed by atoms with Gasteiger partial charge < -0.3 is 29.8 Å². The molecule has 1 aromatic rings. The number of carbonyl (C=O) groups is 1. The van der Waals surface area contributed by atoms with Crippen molar-refractivity contribution in [1.82, 2.24) is 0 Å². The van der Waals surface area contributed by atoms with Crippen LogP contribution in [-0.4, -0.2) is 57.3 Å². The molecule has 0 amide bonds. The summed E-state index contributed by atoms with van der Waals surface area (Å²) in [4.78, 5) is 11.9. The highest BCUT2D eigenvalue weighted by atomic mass is 16.5. The molecular formula is C33H55NO6. The van der Waals surface area contributed by atoms with Gasteiger partial charge in [0.25, 0.3) is 0 Å². The number of hydrogen-bond donors (Lipinski definition) is 2. The highest BCUT2D eigenvalue weighted by molar-refractivity contribution is 5.88. The van der Waals surface area contributed by atoms with E-state index in [0.29, 0.717) is 30.2 Å². The molecule has 0 fully saturated rings. The summed E-state index contributed by atoms with van der Waals surface area (Å²) in [6.45, 7) is 15.8. The highest BCUT2D eigenvalue weighted by Gasteiger charge is 2.21. The molecule has 4 unspecified atom stereocenters. The van der Waals surface area contributed by atoms with Gasteiger partial charge in [0.05, 0.1) is 25.5 Å². The number of methoxy groups -OCH3 is 3. The van der Waals surface area contributed by atoms with Gasteiger partial charge in [-0.05, 0) is 95.1 Å². The van der Waals surface area contributed by atoms with Crippen LogP contribution in [0.5, 0.6) is 5.75 Å². The van der Waals surface area contributed by atoms with Crippen LogP contribution in [-0.2, 0) is 25.4 Å². The number of ether oxygens (including phenoxy) is 4. The second-order valence-corrected chi connectivity index (χ2v) is 9.98. The number of nitrogens with two attached hydrogens (primary N) is 1. The van der Waals surface area contributed by atoms with Crippen LogP contribution < -0.4 is 10.5 Å². The highest BCUT2D eigenvalue weighted by Crippen LogP contribution is 2.30. The molecule has 1 rings (SSSR count). The molecule has 0 spiro atoms. The Kier molecular flexibility index (Phi) is 19.0. The Balaban J connectivity index is 0.00000742. The lowest BCUT2D eigenvalue weighted by Crippen LogP contribution is -2.28. The molecule has 0 aliphatic carbocycles. The van der Waals surface area contributed by atoms with Crippen molar-refractivity contribution >= 4 is 11.7 Å². The van der Waals surface area contributed by atoms with Gasteiger partial charge in [0.2, 0.25) is 0 Å². The first-order valence-electron chi connectivity index (χ1n) is 14.4. The third kappa shape index (κ3) is 12.7. The number of carbonyl (C=O) groups excluding carboxylic acids is 1. The van der Waals surface area contributed by atoms with E-state index in [1.165, 1.54) is 0 Å². The molecule has 1 aromatic carbocycles. The summed E-state index contributed by atoms with van der Waals surface area (Å²) >= 11 is 0. The Bertz CT molecular complexity index is 981. The van der Waals surface area contributed by atoms with E-state index in [1.54, 1.807) is 41.3 Å². The van der Waals surface area contributed by atoms with Crippen molar-refractivity contribution in [3.63, 3.8) is 0 Å².